The summed E-state index contributed by atoms with van der Waals surface area (Å²) >= 11 is 0. The van der Waals surface area contributed by atoms with Gasteiger partial charge >= 0.3 is 0 Å². The molecule has 0 aliphatic rings. The predicted molar refractivity (Wildman–Crippen MR) is 82.5 cm³/mol. The van der Waals surface area contributed by atoms with Crippen molar-refractivity contribution in [2.45, 2.75) is 33.3 Å². The van der Waals surface area contributed by atoms with Crippen molar-refractivity contribution in [3.8, 4) is 5.75 Å². The minimum absolute atomic E-state index is 0.0509. The molecule has 1 aromatic rings. The molecule has 0 bridgehead atoms. The number of aliphatic imine (C=N–C) groups is 1. The summed E-state index contributed by atoms with van der Waals surface area (Å²) in [5.74, 6) is 1.07. The van der Waals surface area contributed by atoms with Crippen LogP contribution in [0.3, 0.4) is 0 Å². The molecule has 0 fully saturated rings. The molecule has 0 unspecified atom stereocenters. The first kappa shape index (κ1) is 17.2. The van der Waals surface area contributed by atoms with E-state index in [1.807, 2.05) is 39.0 Å². The monoisotopic (exact) mass is 293 g/mol. The number of nitrogens with zero attached hydrogens (tertiary/aromatic N) is 1. The Hall–Kier alpha value is -1.88. The van der Waals surface area contributed by atoms with Crippen LogP contribution in [0.15, 0.2) is 23.2 Å². The van der Waals surface area contributed by atoms with Crippen molar-refractivity contribution < 1.29 is 19.0 Å². The molecule has 116 valence electrons. The minimum atomic E-state index is -0.0718. The molecule has 0 radical (unpaired) electrons. The van der Waals surface area contributed by atoms with Crippen molar-refractivity contribution in [2.75, 3.05) is 20.8 Å². The van der Waals surface area contributed by atoms with Crippen molar-refractivity contribution in [1.82, 2.24) is 0 Å². The highest BCUT2D eigenvalue weighted by Gasteiger charge is 2.12. The third-order valence-electron chi connectivity index (χ3n) is 2.75. The highest BCUT2D eigenvalue weighted by molar-refractivity contribution is 5.99. The van der Waals surface area contributed by atoms with E-state index in [9.17, 15) is 4.79 Å². The maximum atomic E-state index is 11.7. The van der Waals surface area contributed by atoms with Crippen LogP contribution in [0.2, 0.25) is 0 Å². The summed E-state index contributed by atoms with van der Waals surface area (Å²) in [5, 5.41) is 0. The van der Waals surface area contributed by atoms with Gasteiger partial charge in [-0.1, -0.05) is 6.07 Å². The molecule has 1 rings (SSSR count). The van der Waals surface area contributed by atoms with Gasteiger partial charge in [0.05, 0.1) is 25.3 Å². The molecule has 0 aliphatic heterocycles. The Morgan fingerprint density at radius 1 is 1.29 bits per heavy atom. The van der Waals surface area contributed by atoms with Gasteiger partial charge < -0.3 is 14.2 Å². The molecule has 0 atom stereocenters. The fraction of sp³-hybridized carbons (Fsp3) is 0.500. The van der Waals surface area contributed by atoms with Gasteiger partial charge in [0.25, 0.3) is 0 Å². The molecule has 5 nitrogen and oxygen atoms in total. The topological polar surface area (TPSA) is 57.1 Å². The molecule has 0 aliphatic carbocycles. The summed E-state index contributed by atoms with van der Waals surface area (Å²) in [6, 6.07) is 5.59. The summed E-state index contributed by atoms with van der Waals surface area (Å²) < 4.78 is 15.7. The number of carbonyl (C=O) groups excluding carboxylic acids is 1. The van der Waals surface area contributed by atoms with Gasteiger partial charge in [-0.05, 0) is 32.9 Å². The smallest absolute Gasteiger partial charge is 0.196 e. The number of carbonyl (C=O) groups is 1. The molecule has 0 saturated carbocycles. The molecule has 0 spiro atoms. The van der Waals surface area contributed by atoms with Crippen LogP contribution in [0.5, 0.6) is 5.75 Å². The van der Waals surface area contributed by atoms with Gasteiger partial charge in [0.15, 0.2) is 11.7 Å². The lowest BCUT2D eigenvalue weighted by atomic mass is 10.2. The molecular formula is C16H23NO4. The quantitative estimate of drug-likeness (QED) is 0.572. The molecule has 0 amide bonds. The van der Waals surface area contributed by atoms with Gasteiger partial charge in [0, 0.05) is 12.7 Å². The van der Waals surface area contributed by atoms with Crippen LogP contribution < -0.4 is 4.74 Å². The summed E-state index contributed by atoms with van der Waals surface area (Å²) in [6.07, 6.45) is 0.0628. The molecule has 0 heterocycles. The third kappa shape index (κ3) is 5.55. The van der Waals surface area contributed by atoms with Crippen LogP contribution in [-0.2, 0) is 14.3 Å². The van der Waals surface area contributed by atoms with E-state index in [1.165, 1.54) is 7.11 Å². The van der Waals surface area contributed by atoms with Gasteiger partial charge in [0.2, 0.25) is 0 Å². The fourth-order valence-electron chi connectivity index (χ4n) is 1.84. The Balaban J connectivity index is 3.04. The number of ketones is 1. The number of hydrogen-bond acceptors (Lipinski definition) is 5. The summed E-state index contributed by atoms with van der Waals surface area (Å²) in [6.45, 7) is 5.77. The van der Waals surface area contributed by atoms with E-state index in [1.54, 1.807) is 7.11 Å². The lowest BCUT2D eigenvalue weighted by molar-refractivity contribution is -0.121. The number of hydrogen-bond donors (Lipinski definition) is 0. The molecule has 0 N–H and O–H groups in total. The second-order valence-corrected chi connectivity index (χ2v) is 4.93. The van der Waals surface area contributed by atoms with E-state index >= 15 is 0 Å². The zero-order chi connectivity index (χ0) is 15.8. The first-order valence-electron chi connectivity index (χ1n) is 6.86. The number of ether oxygens (including phenoxy) is 3. The Morgan fingerprint density at radius 2 is 2.00 bits per heavy atom. The van der Waals surface area contributed by atoms with Crippen LogP contribution in [0, 0.1) is 6.92 Å². The first-order chi connectivity index (χ1) is 9.97. The van der Waals surface area contributed by atoms with E-state index in [4.69, 9.17) is 14.2 Å². The van der Waals surface area contributed by atoms with Crippen molar-refractivity contribution >= 4 is 17.4 Å². The SMILES string of the molecule is COCC(=O)C/C(=N/c1cccc(OC)c1C)OC(C)C. The van der Waals surface area contributed by atoms with E-state index in [0.717, 1.165) is 17.0 Å². The lowest BCUT2D eigenvalue weighted by Gasteiger charge is -2.13. The molecule has 21 heavy (non-hydrogen) atoms. The van der Waals surface area contributed by atoms with Crippen LogP contribution in [0.25, 0.3) is 0 Å². The zero-order valence-corrected chi connectivity index (χ0v) is 13.3. The van der Waals surface area contributed by atoms with Gasteiger partial charge in [-0.25, -0.2) is 4.99 Å². The summed E-state index contributed by atoms with van der Waals surface area (Å²) in [5.41, 5.74) is 1.64. The van der Waals surface area contributed by atoms with E-state index < -0.39 is 0 Å². The number of benzene rings is 1. The highest BCUT2D eigenvalue weighted by atomic mass is 16.5. The van der Waals surface area contributed by atoms with Crippen LogP contribution >= 0.6 is 0 Å². The van der Waals surface area contributed by atoms with Crippen LogP contribution in [0.1, 0.15) is 25.8 Å². The molecule has 5 heteroatoms. The third-order valence-corrected chi connectivity index (χ3v) is 2.75. The standard InChI is InChI=1S/C16H23NO4/c1-11(2)21-16(9-13(18)10-19-4)17-14-7-6-8-15(20-5)12(14)3/h6-8,11H,9-10H2,1-5H3/b17-16-. The second kappa shape index (κ2) is 8.42. The Kier molecular flexibility index (Phi) is 6.88. The second-order valence-electron chi connectivity index (χ2n) is 4.93. The van der Waals surface area contributed by atoms with Crippen molar-refractivity contribution in [2.24, 2.45) is 4.99 Å². The van der Waals surface area contributed by atoms with Gasteiger partial charge in [-0.3, -0.25) is 4.79 Å². The van der Waals surface area contributed by atoms with Gasteiger partial charge in [0.1, 0.15) is 12.4 Å². The van der Waals surface area contributed by atoms with E-state index in [2.05, 4.69) is 4.99 Å². The molecule has 1 aromatic carbocycles. The molecule has 0 aromatic heterocycles. The first-order valence-corrected chi connectivity index (χ1v) is 6.86. The van der Waals surface area contributed by atoms with Crippen molar-refractivity contribution in [3.05, 3.63) is 23.8 Å². The fourth-order valence-corrected chi connectivity index (χ4v) is 1.84. The molecular weight excluding hydrogens is 270 g/mol. The predicted octanol–water partition coefficient (Wildman–Crippen LogP) is 3.06. The largest absolute Gasteiger partial charge is 0.496 e. The highest BCUT2D eigenvalue weighted by Crippen LogP contribution is 2.27. The average Bonchev–Trinajstić information content (AvgIpc) is 2.40. The number of methoxy groups -OCH3 is 2. The summed E-state index contributed by atoms with van der Waals surface area (Å²) in [4.78, 5) is 16.2. The minimum Gasteiger partial charge on any atom is -0.496 e. The van der Waals surface area contributed by atoms with Crippen molar-refractivity contribution in [3.63, 3.8) is 0 Å². The van der Waals surface area contributed by atoms with Crippen LogP contribution in [0.4, 0.5) is 5.69 Å². The van der Waals surface area contributed by atoms with E-state index in [-0.39, 0.29) is 24.9 Å². The number of rotatable bonds is 7. The average molecular weight is 293 g/mol. The van der Waals surface area contributed by atoms with E-state index in [0.29, 0.717) is 5.90 Å². The lowest BCUT2D eigenvalue weighted by Crippen LogP contribution is -2.18. The molecule has 0 saturated heterocycles. The van der Waals surface area contributed by atoms with Crippen molar-refractivity contribution in [1.29, 1.82) is 0 Å². The zero-order valence-electron chi connectivity index (χ0n) is 13.3. The summed E-state index contributed by atoms with van der Waals surface area (Å²) in [7, 11) is 3.10. The van der Waals surface area contributed by atoms with Gasteiger partial charge in [-0.2, -0.15) is 0 Å². The van der Waals surface area contributed by atoms with Crippen LogP contribution in [-0.4, -0.2) is 38.6 Å². The normalized spacial score (nSPS) is 11.6. The Labute approximate surface area is 125 Å². The maximum absolute atomic E-state index is 11.7. The Morgan fingerprint density at radius 3 is 2.57 bits per heavy atom. The Bertz CT molecular complexity index is 509. The maximum Gasteiger partial charge on any atom is 0.196 e. The van der Waals surface area contributed by atoms with Gasteiger partial charge in [-0.15, -0.1) is 0 Å². The number of Topliss-reactive ketones (excluding diaryl/α,β-unsaturated/α-hetero) is 1.